The maximum absolute atomic E-state index is 12.2. The number of rotatable bonds is 5. The van der Waals surface area contributed by atoms with Crippen LogP contribution in [-0.4, -0.2) is 28.6 Å². The highest BCUT2D eigenvalue weighted by atomic mass is 35.5. The molecule has 0 bridgehead atoms. The zero-order chi connectivity index (χ0) is 15.2. The summed E-state index contributed by atoms with van der Waals surface area (Å²) in [5.74, 6) is -0.331. The minimum Gasteiger partial charge on any atom is -0.394 e. The largest absolute Gasteiger partial charge is 0.394 e. The van der Waals surface area contributed by atoms with Crippen molar-refractivity contribution in [2.75, 3.05) is 6.61 Å². The van der Waals surface area contributed by atoms with Crippen LogP contribution in [0.15, 0.2) is 42.6 Å². The first-order valence-corrected chi connectivity index (χ1v) is 7.05. The molecular formula is C16H17ClN2O2. The van der Waals surface area contributed by atoms with E-state index in [0.29, 0.717) is 17.0 Å². The number of benzene rings is 1. The van der Waals surface area contributed by atoms with Gasteiger partial charge in [0, 0.05) is 11.9 Å². The van der Waals surface area contributed by atoms with E-state index < -0.39 is 0 Å². The van der Waals surface area contributed by atoms with Crippen LogP contribution in [0.3, 0.4) is 0 Å². The van der Waals surface area contributed by atoms with Gasteiger partial charge in [0.05, 0.1) is 23.2 Å². The van der Waals surface area contributed by atoms with Gasteiger partial charge in [0.25, 0.3) is 5.91 Å². The van der Waals surface area contributed by atoms with Crippen LogP contribution in [0.25, 0.3) is 0 Å². The number of nitrogens with zero attached hydrogens (tertiary/aromatic N) is 1. The number of aliphatic hydroxyl groups is 1. The Bertz CT molecular complexity index is 617. The number of hydrogen-bond acceptors (Lipinski definition) is 3. The monoisotopic (exact) mass is 304 g/mol. The number of carbonyl (C=O) groups is 1. The fraction of sp³-hybridized carbons (Fsp3) is 0.250. The highest BCUT2D eigenvalue weighted by Crippen LogP contribution is 2.16. The molecule has 0 aliphatic rings. The number of halogens is 1. The van der Waals surface area contributed by atoms with Crippen molar-refractivity contribution in [3.05, 3.63) is 64.4 Å². The second kappa shape index (κ2) is 7.20. The molecule has 1 atom stereocenters. The van der Waals surface area contributed by atoms with Gasteiger partial charge in [-0.05, 0) is 25.0 Å². The molecule has 0 saturated carbocycles. The van der Waals surface area contributed by atoms with Crippen molar-refractivity contribution in [1.82, 2.24) is 10.3 Å². The molecule has 2 N–H and O–H groups in total. The minimum atomic E-state index is -0.364. The Kier molecular flexibility index (Phi) is 5.31. The molecule has 0 aliphatic carbocycles. The molecule has 0 spiro atoms. The second-order valence-electron chi connectivity index (χ2n) is 4.85. The molecule has 0 aliphatic heterocycles. The summed E-state index contributed by atoms with van der Waals surface area (Å²) in [5, 5.41) is 12.6. The van der Waals surface area contributed by atoms with Crippen LogP contribution in [0.2, 0.25) is 5.02 Å². The number of aliphatic hydroxyl groups excluding tert-OH is 1. The molecule has 2 rings (SSSR count). The molecule has 21 heavy (non-hydrogen) atoms. The van der Waals surface area contributed by atoms with Crippen molar-refractivity contribution in [1.29, 1.82) is 0 Å². The van der Waals surface area contributed by atoms with Crippen molar-refractivity contribution in [2.45, 2.75) is 19.4 Å². The SMILES string of the molecule is Cc1cc(Cl)c(C(=O)N[C@H](CO)Cc2ccccc2)cn1. The molecule has 110 valence electrons. The number of hydrogen-bond donors (Lipinski definition) is 2. The fourth-order valence-corrected chi connectivity index (χ4v) is 2.31. The van der Waals surface area contributed by atoms with Gasteiger partial charge in [-0.3, -0.25) is 9.78 Å². The molecule has 0 fully saturated rings. The number of carbonyl (C=O) groups excluding carboxylic acids is 1. The van der Waals surface area contributed by atoms with Crippen molar-refractivity contribution in [2.24, 2.45) is 0 Å². The fourth-order valence-electron chi connectivity index (χ4n) is 2.02. The lowest BCUT2D eigenvalue weighted by Gasteiger charge is -2.17. The highest BCUT2D eigenvalue weighted by molar-refractivity contribution is 6.33. The van der Waals surface area contributed by atoms with Gasteiger partial charge in [0.15, 0.2) is 0 Å². The Morgan fingerprint density at radius 2 is 2.10 bits per heavy atom. The molecule has 0 saturated heterocycles. The summed E-state index contributed by atoms with van der Waals surface area (Å²) >= 11 is 6.05. The Hall–Kier alpha value is -1.91. The van der Waals surface area contributed by atoms with E-state index in [1.54, 1.807) is 13.0 Å². The third-order valence-corrected chi connectivity index (χ3v) is 3.43. The molecular weight excluding hydrogens is 288 g/mol. The van der Waals surface area contributed by atoms with Gasteiger partial charge in [-0.25, -0.2) is 0 Å². The van der Waals surface area contributed by atoms with Crippen LogP contribution in [0.5, 0.6) is 0 Å². The zero-order valence-corrected chi connectivity index (χ0v) is 12.5. The third kappa shape index (κ3) is 4.28. The zero-order valence-electron chi connectivity index (χ0n) is 11.7. The molecule has 2 aromatic rings. The van der Waals surface area contributed by atoms with Crippen molar-refractivity contribution in [3.8, 4) is 0 Å². The van der Waals surface area contributed by atoms with Gasteiger partial charge in [-0.1, -0.05) is 41.9 Å². The van der Waals surface area contributed by atoms with Crippen LogP contribution in [-0.2, 0) is 6.42 Å². The standard InChI is InChI=1S/C16H17ClN2O2/c1-11-7-15(17)14(9-18-11)16(21)19-13(10-20)8-12-5-3-2-4-6-12/h2-7,9,13,20H,8,10H2,1H3,(H,19,21)/t13-/m0/s1. The van der Waals surface area contributed by atoms with Crippen LogP contribution < -0.4 is 5.32 Å². The summed E-state index contributed by atoms with van der Waals surface area (Å²) in [6.07, 6.45) is 2.00. The molecule has 0 radical (unpaired) electrons. The molecule has 5 heteroatoms. The van der Waals surface area contributed by atoms with E-state index in [-0.39, 0.29) is 18.6 Å². The molecule has 1 aromatic heterocycles. The van der Waals surface area contributed by atoms with E-state index in [1.165, 1.54) is 6.20 Å². The lowest BCUT2D eigenvalue weighted by molar-refractivity contribution is 0.0916. The van der Waals surface area contributed by atoms with Gasteiger partial charge in [0.1, 0.15) is 0 Å². The Morgan fingerprint density at radius 1 is 1.38 bits per heavy atom. The Morgan fingerprint density at radius 3 is 2.71 bits per heavy atom. The van der Waals surface area contributed by atoms with E-state index >= 15 is 0 Å². The maximum Gasteiger partial charge on any atom is 0.254 e. The first-order chi connectivity index (χ1) is 10.1. The van der Waals surface area contributed by atoms with E-state index in [4.69, 9.17) is 11.6 Å². The second-order valence-corrected chi connectivity index (χ2v) is 5.26. The van der Waals surface area contributed by atoms with E-state index in [2.05, 4.69) is 10.3 Å². The molecule has 1 heterocycles. The molecule has 1 amide bonds. The van der Waals surface area contributed by atoms with Crippen LogP contribution in [0, 0.1) is 6.92 Å². The Balaban J connectivity index is 2.06. The van der Waals surface area contributed by atoms with Crippen LogP contribution in [0.4, 0.5) is 0 Å². The molecule has 0 unspecified atom stereocenters. The quantitative estimate of drug-likeness (QED) is 0.891. The predicted molar refractivity (Wildman–Crippen MR) is 82.5 cm³/mol. The van der Waals surface area contributed by atoms with Crippen molar-refractivity contribution < 1.29 is 9.90 Å². The molecule has 4 nitrogen and oxygen atoms in total. The van der Waals surface area contributed by atoms with E-state index in [9.17, 15) is 9.90 Å². The minimum absolute atomic E-state index is 0.141. The normalized spacial score (nSPS) is 12.0. The average Bonchev–Trinajstić information content (AvgIpc) is 2.47. The summed E-state index contributed by atoms with van der Waals surface area (Å²) < 4.78 is 0. The summed E-state index contributed by atoms with van der Waals surface area (Å²) in [4.78, 5) is 16.3. The average molecular weight is 305 g/mol. The smallest absolute Gasteiger partial charge is 0.254 e. The van der Waals surface area contributed by atoms with Gasteiger partial charge in [-0.15, -0.1) is 0 Å². The van der Waals surface area contributed by atoms with Crippen molar-refractivity contribution >= 4 is 17.5 Å². The first-order valence-electron chi connectivity index (χ1n) is 6.68. The number of amides is 1. The van der Waals surface area contributed by atoms with Crippen LogP contribution >= 0.6 is 11.6 Å². The summed E-state index contributed by atoms with van der Waals surface area (Å²) in [5.41, 5.74) is 2.11. The number of pyridine rings is 1. The highest BCUT2D eigenvalue weighted by Gasteiger charge is 2.16. The van der Waals surface area contributed by atoms with Gasteiger partial charge in [-0.2, -0.15) is 0 Å². The van der Waals surface area contributed by atoms with E-state index in [1.807, 2.05) is 30.3 Å². The third-order valence-electron chi connectivity index (χ3n) is 3.12. The maximum atomic E-state index is 12.2. The lowest BCUT2D eigenvalue weighted by atomic mass is 10.1. The van der Waals surface area contributed by atoms with Gasteiger partial charge in [0.2, 0.25) is 0 Å². The summed E-state index contributed by atoms with van der Waals surface area (Å²) in [6, 6.07) is 11.0. The predicted octanol–water partition coefficient (Wildman–Crippen LogP) is 2.38. The lowest BCUT2D eigenvalue weighted by Crippen LogP contribution is -2.39. The Labute approximate surface area is 128 Å². The molecule has 1 aromatic carbocycles. The van der Waals surface area contributed by atoms with Crippen molar-refractivity contribution in [3.63, 3.8) is 0 Å². The topological polar surface area (TPSA) is 62.2 Å². The van der Waals surface area contributed by atoms with E-state index in [0.717, 1.165) is 11.3 Å². The van der Waals surface area contributed by atoms with Gasteiger partial charge < -0.3 is 10.4 Å². The summed E-state index contributed by atoms with van der Waals surface area (Å²) in [7, 11) is 0. The number of aromatic nitrogens is 1. The van der Waals surface area contributed by atoms with Crippen LogP contribution in [0.1, 0.15) is 21.6 Å². The van der Waals surface area contributed by atoms with Gasteiger partial charge >= 0.3 is 0 Å². The first kappa shape index (κ1) is 15.5. The summed E-state index contributed by atoms with van der Waals surface area (Å²) in [6.45, 7) is 1.66. The number of nitrogens with one attached hydrogen (secondary N) is 1. The number of aryl methyl sites for hydroxylation is 1.